The molecule has 1 aliphatic carbocycles. The second-order valence-electron chi connectivity index (χ2n) is 3.53. The van der Waals surface area contributed by atoms with E-state index >= 15 is 0 Å². The molecule has 1 heterocycles. The molecule has 1 fully saturated rings. The fourth-order valence-corrected chi connectivity index (χ4v) is 1.86. The van der Waals surface area contributed by atoms with Gasteiger partial charge in [0.1, 0.15) is 0 Å². The number of aromatic nitrogens is 2. The lowest BCUT2D eigenvalue weighted by Gasteiger charge is -2.17. The van der Waals surface area contributed by atoms with Crippen LogP contribution in [0, 0.1) is 0 Å². The molecule has 0 atom stereocenters. The van der Waals surface area contributed by atoms with Gasteiger partial charge in [0.05, 0.1) is 0 Å². The third-order valence-electron chi connectivity index (χ3n) is 2.60. The summed E-state index contributed by atoms with van der Waals surface area (Å²) in [4.78, 5) is 4.26. The fourth-order valence-electron chi connectivity index (χ4n) is 1.86. The summed E-state index contributed by atoms with van der Waals surface area (Å²) < 4.78 is 4.99. The predicted octanol–water partition coefficient (Wildman–Crippen LogP) is 2.76. The zero-order chi connectivity index (χ0) is 9.10. The van der Waals surface area contributed by atoms with Gasteiger partial charge in [-0.1, -0.05) is 31.0 Å². The van der Waals surface area contributed by atoms with E-state index in [1.165, 1.54) is 32.1 Å². The molecule has 3 heteroatoms. The largest absolute Gasteiger partial charge is 0.335 e. The zero-order valence-electron chi connectivity index (χ0n) is 7.70. The van der Waals surface area contributed by atoms with Crippen LogP contribution in [0.15, 0.2) is 11.1 Å². The van der Waals surface area contributed by atoms with Gasteiger partial charge in [0.15, 0.2) is 5.82 Å². The first-order valence-electron chi connectivity index (χ1n) is 4.86. The van der Waals surface area contributed by atoms with Crippen molar-refractivity contribution in [2.75, 3.05) is 0 Å². The zero-order valence-corrected chi connectivity index (χ0v) is 7.70. The van der Waals surface area contributed by atoms with E-state index in [4.69, 9.17) is 4.52 Å². The van der Waals surface area contributed by atoms with E-state index in [1.807, 2.05) is 0 Å². The highest BCUT2D eigenvalue weighted by Crippen LogP contribution is 2.30. The van der Waals surface area contributed by atoms with Crippen molar-refractivity contribution in [2.45, 2.75) is 38.0 Å². The molecule has 0 amide bonds. The minimum Gasteiger partial charge on any atom is -0.335 e. The maximum Gasteiger partial charge on any atom is 0.250 e. The van der Waals surface area contributed by atoms with E-state index in [1.54, 1.807) is 6.08 Å². The van der Waals surface area contributed by atoms with Gasteiger partial charge in [0.25, 0.3) is 0 Å². The first-order valence-corrected chi connectivity index (χ1v) is 4.86. The highest BCUT2D eigenvalue weighted by Gasteiger charge is 2.19. The van der Waals surface area contributed by atoms with Crippen molar-refractivity contribution in [3.63, 3.8) is 0 Å². The highest BCUT2D eigenvalue weighted by molar-refractivity contribution is 5.32. The third-order valence-corrected chi connectivity index (χ3v) is 2.60. The Labute approximate surface area is 77.8 Å². The van der Waals surface area contributed by atoms with Crippen molar-refractivity contribution in [1.82, 2.24) is 10.1 Å². The van der Waals surface area contributed by atoms with Crippen molar-refractivity contribution in [3.05, 3.63) is 18.3 Å². The van der Waals surface area contributed by atoms with Gasteiger partial charge >= 0.3 is 0 Å². The molecule has 0 saturated heterocycles. The van der Waals surface area contributed by atoms with Crippen LogP contribution in [-0.2, 0) is 0 Å². The van der Waals surface area contributed by atoms with Gasteiger partial charge in [-0.2, -0.15) is 4.98 Å². The van der Waals surface area contributed by atoms with Crippen molar-refractivity contribution in [3.8, 4) is 0 Å². The van der Waals surface area contributed by atoms with Crippen molar-refractivity contribution in [2.24, 2.45) is 0 Å². The summed E-state index contributed by atoms with van der Waals surface area (Å²) in [6.45, 7) is 3.59. The Bertz CT molecular complexity index is 287. The number of hydrogen-bond acceptors (Lipinski definition) is 3. The minimum atomic E-state index is 0.520. The molecular weight excluding hydrogens is 164 g/mol. The van der Waals surface area contributed by atoms with Crippen molar-refractivity contribution >= 4 is 6.08 Å². The maximum absolute atomic E-state index is 4.99. The van der Waals surface area contributed by atoms with Crippen LogP contribution in [0.2, 0.25) is 0 Å². The van der Waals surface area contributed by atoms with Crippen LogP contribution in [0.5, 0.6) is 0 Å². The normalized spacial score (nSPS) is 18.8. The number of rotatable bonds is 2. The van der Waals surface area contributed by atoms with Crippen LogP contribution in [0.25, 0.3) is 6.08 Å². The molecular formula is C10H14N2O. The summed E-state index contributed by atoms with van der Waals surface area (Å²) in [6, 6.07) is 0. The lowest BCUT2D eigenvalue weighted by atomic mass is 9.89. The average molecular weight is 178 g/mol. The second-order valence-corrected chi connectivity index (χ2v) is 3.53. The Morgan fingerprint density at radius 2 is 2.08 bits per heavy atom. The lowest BCUT2D eigenvalue weighted by Crippen LogP contribution is -2.05. The van der Waals surface area contributed by atoms with Gasteiger partial charge in [-0.3, -0.25) is 0 Å². The van der Waals surface area contributed by atoms with Gasteiger partial charge in [-0.05, 0) is 18.9 Å². The monoisotopic (exact) mass is 178 g/mol. The molecule has 2 rings (SSSR count). The molecule has 0 spiro atoms. The Balaban J connectivity index is 2.09. The molecule has 1 aliphatic rings. The van der Waals surface area contributed by atoms with Gasteiger partial charge < -0.3 is 4.52 Å². The quantitative estimate of drug-likeness (QED) is 0.699. The molecule has 0 bridgehead atoms. The molecule has 0 unspecified atom stereocenters. The van der Waals surface area contributed by atoms with Gasteiger partial charge in [0.2, 0.25) is 5.89 Å². The molecule has 0 radical (unpaired) electrons. The Morgan fingerprint density at radius 1 is 1.31 bits per heavy atom. The van der Waals surface area contributed by atoms with E-state index in [-0.39, 0.29) is 0 Å². The minimum absolute atomic E-state index is 0.520. The van der Waals surface area contributed by atoms with Gasteiger partial charge in [-0.25, -0.2) is 0 Å². The van der Waals surface area contributed by atoms with E-state index in [2.05, 4.69) is 16.7 Å². The summed E-state index contributed by atoms with van der Waals surface area (Å²) in [6.07, 6.45) is 7.94. The van der Waals surface area contributed by atoms with Crippen molar-refractivity contribution < 1.29 is 4.52 Å². The molecule has 0 aliphatic heterocycles. The van der Waals surface area contributed by atoms with E-state index in [9.17, 15) is 0 Å². The molecule has 0 aromatic carbocycles. The number of nitrogens with zero attached hydrogens (tertiary/aromatic N) is 2. The van der Waals surface area contributed by atoms with Crippen LogP contribution in [0.1, 0.15) is 49.7 Å². The average Bonchev–Trinajstić information content (AvgIpc) is 2.67. The molecule has 1 aromatic heterocycles. The van der Waals surface area contributed by atoms with E-state index in [0.717, 1.165) is 5.82 Å². The second kappa shape index (κ2) is 3.73. The number of hydrogen-bond donors (Lipinski definition) is 0. The predicted molar refractivity (Wildman–Crippen MR) is 50.2 cm³/mol. The Kier molecular flexibility index (Phi) is 2.43. The summed E-state index contributed by atoms with van der Waals surface area (Å²) in [5.74, 6) is 1.93. The summed E-state index contributed by atoms with van der Waals surface area (Å²) in [5.41, 5.74) is 0. The molecule has 0 N–H and O–H groups in total. The Hall–Kier alpha value is -1.12. The SMILES string of the molecule is C=Cc1nc(C2CCCCC2)no1. The Morgan fingerprint density at radius 3 is 2.69 bits per heavy atom. The summed E-state index contributed by atoms with van der Waals surface area (Å²) in [7, 11) is 0. The molecule has 1 saturated carbocycles. The molecule has 70 valence electrons. The van der Waals surface area contributed by atoms with Gasteiger partial charge in [-0.15, -0.1) is 0 Å². The smallest absolute Gasteiger partial charge is 0.250 e. The van der Waals surface area contributed by atoms with Crippen LogP contribution >= 0.6 is 0 Å². The lowest BCUT2D eigenvalue weighted by molar-refractivity contribution is 0.376. The van der Waals surface area contributed by atoms with Crippen molar-refractivity contribution in [1.29, 1.82) is 0 Å². The first-order chi connectivity index (χ1) is 6.40. The molecule has 3 nitrogen and oxygen atoms in total. The van der Waals surface area contributed by atoms with Crippen LogP contribution in [0.4, 0.5) is 0 Å². The maximum atomic E-state index is 4.99. The van der Waals surface area contributed by atoms with Crippen LogP contribution in [-0.4, -0.2) is 10.1 Å². The standard InChI is InChI=1S/C10H14N2O/c1-2-9-11-10(12-13-9)8-6-4-3-5-7-8/h2,8H,1,3-7H2. The molecule has 1 aromatic rings. The fraction of sp³-hybridized carbons (Fsp3) is 0.600. The van der Waals surface area contributed by atoms with Crippen LogP contribution in [0.3, 0.4) is 0 Å². The van der Waals surface area contributed by atoms with Crippen LogP contribution < -0.4 is 0 Å². The van der Waals surface area contributed by atoms with E-state index < -0.39 is 0 Å². The molecule has 13 heavy (non-hydrogen) atoms. The first kappa shape index (κ1) is 8.48. The summed E-state index contributed by atoms with van der Waals surface area (Å²) in [5, 5.41) is 3.95. The topological polar surface area (TPSA) is 38.9 Å². The highest BCUT2D eigenvalue weighted by atomic mass is 16.5. The van der Waals surface area contributed by atoms with Gasteiger partial charge in [0, 0.05) is 5.92 Å². The van der Waals surface area contributed by atoms with E-state index in [0.29, 0.717) is 11.8 Å². The third kappa shape index (κ3) is 1.79. The summed E-state index contributed by atoms with van der Waals surface area (Å²) >= 11 is 0.